The Balaban J connectivity index is 1.80. The first kappa shape index (κ1) is 45.6. The summed E-state index contributed by atoms with van der Waals surface area (Å²) in [7, 11) is 0. The van der Waals surface area contributed by atoms with Crippen LogP contribution in [-0.2, 0) is 71.4 Å². The van der Waals surface area contributed by atoms with E-state index < -0.39 is 138 Å². The number of carbonyl (C=O) groups is 8. The quantitative estimate of drug-likeness (QED) is 0.295. The Labute approximate surface area is 355 Å². The fourth-order valence-electron chi connectivity index (χ4n) is 9.82. The Morgan fingerprint density at radius 3 is 1.90 bits per heavy atom. The fourth-order valence-corrected chi connectivity index (χ4v) is 9.82. The summed E-state index contributed by atoms with van der Waals surface area (Å²) in [4.78, 5) is 114. The van der Waals surface area contributed by atoms with Crippen LogP contribution in [0.1, 0.15) is 94.6 Å². The summed E-state index contributed by atoms with van der Waals surface area (Å²) in [6.45, 7) is 8.64. The molecule has 3 heterocycles. The van der Waals surface area contributed by atoms with E-state index in [1.54, 1.807) is 25.1 Å². The smallest absolute Gasteiger partial charge is 0.340 e. The van der Waals surface area contributed by atoms with Crippen molar-refractivity contribution in [2.75, 3.05) is 13.2 Å². The van der Waals surface area contributed by atoms with E-state index in [2.05, 4.69) is 4.98 Å². The topological polar surface area (TPSA) is 253 Å². The van der Waals surface area contributed by atoms with Gasteiger partial charge in [0.2, 0.25) is 0 Å². The maximum atomic E-state index is 14.5. The third-order valence-electron chi connectivity index (χ3n) is 12.4. The van der Waals surface area contributed by atoms with Gasteiger partial charge >= 0.3 is 47.8 Å². The van der Waals surface area contributed by atoms with Gasteiger partial charge in [-0.25, -0.2) is 9.59 Å². The molecule has 13 atom stereocenters. The molecule has 1 saturated heterocycles. The summed E-state index contributed by atoms with van der Waals surface area (Å²) in [5, 5.41) is 13.6. The number of rotatable bonds is 8. The van der Waals surface area contributed by atoms with Crippen LogP contribution in [0.5, 0.6) is 0 Å². The Morgan fingerprint density at radius 1 is 0.742 bits per heavy atom. The average Bonchev–Trinajstić information content (AvgIpc) is 3.42. The maximum absolute atomic E-state index is 14.5. The highest BCUT2D eigenvalue weighted by Gasteiger charge is 2.92. The van der Waals surface area contributed by atoms with Crippen LogP contribution in [0.15, 0.2) is 48.7 Å². The molecular formula is C43H49NO18. The largest absolute Gasteiger partial charge is 0.465 e. The highest BCUT2D eigenvalue weighted by molar-refractivity contribution is 5.91. The van der Waals surface area contributed by atoms with Crippen LogP contribution in [0.25, 0.3) is 0 Å². The van der Waals surface area contributed by atoms with Gasteiger partial charge in [0.15, 0.2) is 30.0 Å². The van der Waals surface area contributed by atoms with E-state index >= 15 is 0 Å². The van der Waals surface area contributed by atoms with Gasteiger partial charge in [-0.2, -0.15) is 0 Å². The minimum Gasteiger partial charge on any atom is -0.465 e. The first-order valence-electron chi connectivity index (χ1n) is 19.9. The monoisotopic (exact) mass is 867 g/mol. The molecule has 2 aromatic rings. The van der Waals surface area contributed by atoms with E-state index in [1.165, 1.54) is 44.3 Å². The second-order valence-electron chi connectivity index (χ2n) is 16.5. The van der Waals surface area contributed by atoms with E-state index in [9.17, 15) is 43.5 Å². The zero-order chi connectivity index (χ0) is 45.7. The molecule has 1 spiro atoms. The zero-order valence-electron chi connectivity index (χ0n) is 35.6. The van der Waals surface area contributed by atoms with Crippen molar-refractivity contribution < 1.29 is 86.1 Å². The van der Waals surface area contributed by atoms with Crippen molar-refractivity contribution in [2.24, 2.45) is 17.3 Å². The lowest BCUT2D eigenvalue weighted by Crippen LogP contribution is -2.89. The Hall–Kier alpha value is -5.95. The second-order valence-corrected chi connectivity index (χ2v) is 16.5. The average molecular weight is 868 g/mol. The number of esters is 8. The molecule has 1 aromatic carbocycles. The molecule has 19 heteroatoms. The molecule has 19 nitrogen and oxygen atoms in total. The van der Waals surface area contributed by atoms with Gasteiger partial charge in [-0.3, -0.25) is 33.8 Å². The number of hydrogen-bond acceptors (Lipinski definition) is 19. The van der Waals surface area contributed by atoms with Crippen LogP contribution in [0.4, 0.5) is 0 Å². The molecule has 1 aromatic heterocycles. The minimum atomic E-state index is -2.85. The molecule has 6 rings (SSSR count). The van der Waals surface area contributed by atoms with Crippen molar-refractivity contribution in [3.05, 3.63) is 65.5 Å². The standard InChI is InChI=1S/C43H49NO18/c1-20-21(2)37(50)61-34-32(56-23(4)46)36(59-26(7)49)42(19-54-22(3)45)35(58-25(6)48)31(60-38(51)27-14-11-10-12-15-27)29-33(57-24(5)47)43(42,41(34,9)53)62-40(29,8)18-55-39(52)28-16-13-17-44-30(20)28/h10-17,20-21,29,31-36,53H,18-19H2,1-9H3/t20-,21-,29+,31-,32-,33+,34-,35+,36-,40-,41-,42+,43-/m0/s1. The van der Waals surface area contributed by atoms with Gasteiger partial charge in [0.25, 0.3) is 0 Å². The molecule has 3 fully saturated rings. The van der Waals surface area contributed by atoms with Crippen LogP contribution < -0.4 is 0 Å². The van der Waals surface area contributed by atoms with Crippen LogP contribution in [0, 0.1) is 17.3 Å². The molecule has 2 aliphatic carbocycles. The van der Waals surface area contributed by atoms with Crippen molar-refractivity contribution >= 4 is 47.8 Å². The summed E-state index contributed by atoms with van der Waals surface area (Å²) >= 11 is 0. The van der Waals surface area contributed by atoms with Gasteiger partial charge in [-0.15, -0.1) is 0 Å². The molecule has 0 unspecified atom stereocenters. The van der Waals surface area contributed by atoms with Gasteiger partial charge in [-0.05, 0) is 38.1 Å². The highest BCUT2D eigenvalue weighted by atomic mass is 16.7. The third-order valence-corrected chi connectivity index (χ3v) is 12.4. The van der Waals surface area contributed by atoms with Gasteiger partial charge < -0.3 is 47.7 Å². The number of cyclic esters (lactones) is 1. The van der Waals surface area contributed by atoms with Crippen molar-refractivity contribution in [3.8, 4) is 0 Å². The normalized spacial score (nSPS) is 36.0. The van der Waals surface area contributed by atoms with Crippen LogP contribution in [0.3, 0.4) is 0 Å². The lowest BCUT2D eigenvalue weighted by Gasteiger charge is -2.67. The van der Waals surface area contributed by atoms with E-state index in [4.69, 9.17) is 42.6 Å². The van der Waals surface area contributed by atoms with E-state index in [0.717, 1.165) is 41.5 Å². The molecule has 334 valence electrons. The molecule has 1 N–H and O–H groups in total. The highest BCUT2D eigenvalue weighted by Crippen LogP contribution is 2.70. The summed E-state index contributed by atoms with van der Waals surface area (Å²) in [5.41, 5.74) is -10.3. The third kappa shape index (κ3) is 7.43. The molecule has 2 aliphatic heterocycles. The number of ether oxygens (including phenoxy) is 9. The van der Waals surface area contributed by atoms with Gasteiger partial charge in [0.1, 0.15) is 42.0 Å². The lowest BCUT2D eigenvalue weighted by molar-refractivity contribution is -0.386. The first-order valence-corrected chi connectivity index (χ1v) is 19.9. The number of pyridine rings is 1. The molecule has 2 saturated carbocycles. The van der Waals surface area contributed by atoms with Crippen molar-refractivity contribution in [1.29, 1.82) is 0 Å². The number of carbonyl (C=O) groups excluding carboxylic acids is 8. The van der Waals surface area contributed by atoms with E-state index in [0.29, 0.717) is 0 Å². The fraction of sp³-hybridized carbons (Fsp3) is 0.558. The predicted molar refractivity (Wildman–Crippen MR) is 205 cm³/mol. The van der Waals surface area contributed by atoms with E-state index in [-0.39, 0.29) is 16.8 Å². The van der Waals surface area contributed by atoms with Crippen molar-refractivity contribution in [3.63, 3.8) is 0 Å². The number of nitrogens with zero attached hydrogens (tertiary/aromatic N) is 1. The lowest BCUT2D eigenvalue weighted by atomic mass is 9.45. The zero-order valence-corrected chi connectivity index (χ0v) is 35.6. The molecule has 0 radical (unpaired) electrons. The number of aliphatic hydroxyl groups is 1. The molecule has 62 heavy (non-hydrogen) atoms. The molecule has 4 aliphatic rings. The molecular weight excluding hydrogens is 818 g/mol. The van der Waals surface area contributed by atoms with Crippen LogP contribution >= 0.6 is 0 Å². The van der Waals surface area contributed by atoms with Gasteiger partial charge in [0, 0.05) is 46.7 Å². The Bertz CT molecular complexity index is 2160. The summed E-state index contributed by atoms with van der Waals surface area (Å²) < 4.78 is 55.4. The number of hydrogen-bond donors (Lipinski definition) is 1. The van der Waals surface area contributed by atoms with Crippen molar-refractivity contribution in [2.45, 2.75) is 122 Å². The molecule has 4 bridgehead atoms. The second kappa shape index (κ2) is 16.7. The Morgan fingerprint density at radius 2 is 1.32 bits per heavy atom. The number of aromatic nitrogens is 1. The number of fused-ring (bicyclic) bond motifs is 5. The summed E-state index contributed by atoms with van der Waals surface area (Å²) in [5.74, 6) is -11.9. The number of benzene rings is 1. The van der Waals surface area contributed by atoms with E-state index in [1.807, 2.05) is 0 Å². The molecule has 0 amide bonds. The van der Waals surface area contributed by atoms with Crippen LogP contribution in [0.2, 0.25) is 0 Å². The van der Waals surface area contributed by atoms with Crippen molar-refractivity contribution in [1.82, 2.24) is 4.98 Å². The first-order chi connectivity index (χ1) is 29.0. The summed E-state index contributed by atoms with van der Waals surface area (Å²) in [6, 6.07) is 10.4. The van der Waals surface area contributed by atoms with Crippen LogP contribution in [-0.4, -0.2) is 124 Å². The predicted octanol–water partition coefficient (Wildman–Crippen LogP) is 2.33. The van der Waals surface area contributed by atoms with Gasteiger partial charge in [-0.1, -0.05) is 32.0 Å². The van der Waals surface area contributed by atoms with Gasteiger partial charge in [0.05, 0.1) is 28.7 Å². The SMILES string of the molecule is CC(=O)OC[C@]12[C@H](OC(C)=O)[C@@H](OC(=O)c3ccccc3)[C@@H]3[C@@H](OC(C)=O)[C@@]14O[C@@]3(C)COC(=O)c1cccnc1[C@@H](C)[C@H](C)C(=O)O[C@@H]([C@H](OC(C)=O)[C@@H]2OC(C)=O)[C@]4(C)O. The maximum Gasteiger partial charge on any atom is 0.340 e. The minimum absolute atomic E-state index is 0.0151. The summed E-state index contributed by atoms with van der Waals surface area (Å²) in [6.07, 6.45) is -10.8. The Kier molecular flexibility index (Phi) is 12.3.